The lowest BCUT2D eigenvalue weighted by Crippen LogP contribution is -2.01. The van der Waals surface area contributed by atoms with Crippen molar-refractivity contribution in [3.63, 3.8) is 0 Å². The standard InChI is InChI=1S/C20H16O2/c21-20(22)19-12-15(13-8-9-13)10-11-18(19)17-7-3-5-14-4-1-2-6-16(14)17/h1-7,10-13H,8-9H2,(H,21,22). The Morgan fingerprint density at radius 2 is 1.68 bits per heavy atom. The van der Waals surface area contributed by atoms with Gasteiger partial charge < -0.3 is 5.11 Å². The Hall–Kier alpha value is -2.61. The van der Waals surface area contributed by atoms with Gasteiger partial charge in [-0.25, -0.2) is 4.79 Å². The number of fused-ring (bicyclic) bond motifs is 1. The number of carboxylic acid groups (broad SMARTS) is 1. The number of hydrogen-bond acceptors (Lipinski definition) is 1. The summed E-state index contributed by atoms with van der Waals surface area (Å²) in [6.45, 7) is 0. The largest absolute Gasteiger partial charge is 0.478 e. The molecule has 4 rings (SSSR count). The van der Waals surface area contributed by atoms with Crippen LogP contribution in [0.25, 0.3) is 21.9 Å². The molecule has 0 atom stereocenters. The summed E-state index contributed by atoms with van der Waals surface area (Å²) in [7, 11) is 0. The quantitative estimate of drug-likeness (QED) is 0.729. The molecule has 2 heteroatoms. The van der Waals surface area contributed by atoms with Gasteiger partial charge in [0, 0.05) is 0 Å². The molecule has 1 aliphatic rings. The highest BCUT2D eigenvalue weighted by molar-refractivity contribution is 6.03. The van der Waals surface area contributed by atoms with Gasteiger partial charge >= 0.3 is 5.97 Å². The first-order chi connectivity index (χ1) is 10.7. The fourth-order valence-electron chi connectivity index (χ4n) is 3.10. The summed E-state index contributed by atoms with van der Waals surface area (Å²) in [5.41, 5.74) is 3.34. The molecule has 0 bridgehead atoms. The van der Waals surface area contributed by atoms with E-state index >= 15 is 0 Å². The summed E-state index contributed by atoms with van der Waals surface area (Å²) in [6.07, 6.45) is 2.35. The first-order valence-corrected chi connectivity index (χ1v) is 7.59. The maximum atomic E-state index is 11.7. The Bertz CT molecular complexity index is 871. The molecule has 22 heavy (non-hydrogen) atoms. The van der Waals surface area contributed by atoms with Crippen LogP contribution in [0.15, 0.2) is 60.7 Å². The van der Waals surface area contributed by atoms with E-state index in [1.54, 1.807) is 0 Å². The Morgan fingerprint density at radius 3 is 2.45 bits per heavy atom. The summed E-state index contributed by atoms with van der Waals surface area (Å²) in [5.74, 6) is -0.301. The van der Waals surface area contributed by atoms with E-state index in [1.165, 1.54) is 12.8 Å². The van der Waals surface area contributed by atoms with E-state index in [2.05, 4.69) is 18.2 Å². The van der Waals surface area contributed by atoms with E-state index in [1.807, 2.05) is 42.5 Å². The van der Waals surface area contributed by atoms with Crippen LogP contribution in [0, 0.1) is 0 Å². The molecule has 2 nitrogen and oxygen atoms in total. The average Bonchev–Trinajstić information content (AvgIpc) is 3.39. The van der Waals surface area contributed by atoms with Crippen LogP contribution < -0.4 is 0 Å². The SMILES string of the molecule is O=C(O)c1cc(C2CC2)ccc1-c1cccc2ccccc12. The van der Waals surface area contributed by atoms with Crippen molar-refractivity contribution in [3.8, 4) is 11.1 Å². The topological polar surface area (TPSA) is 37.3 Å². The highest BCUT2D eigenvalue weighted by atomic mass is 16.4. The van der Waals surface area contributed by atoms with Gasteiger partial charge in [-0.1, -0.05) is 54.6 Å². The third-order valence-electron chi connectivity index (χ3n) is 4.40. The minimum atomic E-state index is -0.856. The van der Waals surface area contributed by atoms with Crippen molar-refractivity contribution in [3.05, 3.63) is 71.8 Å². The van der Waals surface area contributed by atoms with Gasteiger partial charge in [-0.3, -0.25) is 0 Å². The molecule has 0 spiro atoms. The minimum Gasteiger partial charge on any atom is -0.478 e. The Labute approximate surface area is 129 Å². The molecule has 0 heterocycles. The second-order valence-corrected chi connectivity index (χ2v) is 5.91. The Balaban J connectivity index is 1.95. The molecule has 1 fully saturated rings. The first-order valence-electron chi connectivity index (χ1n) is 7.59. The number of carboxylic acids is 1. The molecule has 0 aromatic heterocycles. The summed E-state index contributed by atoms with van der Waals surface area (Å²) in [4.78, 5) is 11.7. The van der Waals surface area contributed by atoms with Crippen molar-refractivity contribution in [1.29, 1.82) is 0 Å². The molecule has 0 unspecified atom stereocenters. The van der Waals surface area contributed by atoms with Crippen LogP contribution in [-0.4, -0.2) is 11.1 Å². The van der Waals surface area contributed by atoms with Crippen molar-refractivity contribution >= 4 is 16.7 Å². The molecular weight excluding hydrogens is 272 g/mol. The second kappa shape index (κ2) is 4.99. The van der Waals surface area contributed by atoms with Gasteiger partial charge in [0.25, 0.3) is 0 Å². The number of benzene rings is 3. The monoisotopic (exact) mass is 288 g/mol. The van der Waals surface area contributed by atoms with Crippen LogP contribution >= 0.6 is 0 Å². The number of rotatable bonds is 3. The maximum absolute atomic E-state index is 11.7. The van der Waals surface area contributed by atoms with Gasteiger partial charge in [-0.15, -0.1) is 0 Å². The molecule has 1 aliphatic carbocycles. The van der Waals surface area contributed by atoms with Gasteiger partial charge in [0.05, 0.1) is 5.56 Å². The fourth-order valence-corrected chi connectivity index (χ4v) is 3.10. The van der Waals surface area contributed by atoms with Crippen molar-refractivity contribution in [2.24, 2.45) is 0 Å². The van der Waals surface area contributed by atoms with Gasteiger partial charge in [0.1, 0.15) is 0 Å². The fraction of sp³-hybridized carbons (Fsp3) is 0.150. The highest BCUT2D eigenvalue weighted by Crippen LogP contribution is 2.42. The van der Waals surface area contributed by atoms with Gasteiger partial charge in [-0.05, 0) is 52.3 Å². The summed E-state index contributed by atoms with van der Waals surface area (Å²) < 4.78 is 0. The highest BCUT2D eigenvalue weighted by Gasteiger charge is 2.25. The lowest BCUT2D eigenvalue weighted by Gasteiger charge is -2.11. The van der Waals surface area contributed by atoms with E-state index in [-0.39, 0.29) is 0 Å². The first kappa shape index (κ1) is 13.1. The lowest BCUT2D eigenvalue weighted by atomic mass is 9.92. The predicted molar refractivity (Wildman–Crippen MR) is 88.3 cm³/mol. The van der Waals surface area contributed by atoms with Crippen LogP contribution in [0.2, 0.25) is 0 Å². The van der Waals surface area contributed by atoms with Crippen LogP contribution in [0.1, 0.15) is 34.7 Å². The molecule has 0 saturated heterocycles. The van der Waals surface area contributed by atoms with Crippen LogP contribution in [0.3, 0.4) is 0 Å². The van der Waals surface area contributed by atoms with Gasteiger partial charge in [0.15, 0.2) is 0 Å². The van der Waals surface area contributed by atoms with Crippen LogP contribution in [-0.2, 0) is 0 Å². The molecule has 0 aliphatic heterocycles. The normalized spacial score (nSPS) is 14.2. The van der Waals surface area contributed by atoms with Crippen molar-refractivity contribution in [2.75, 3.05) is 0 Å². The van der Waals surface area contributed by atoms with E-state index in [9.17, 15) is 9.90 Å². The molecule has 0 radical (unpaired) electrons. The zero-order valence-corrected chi connectivity index (χ0v) is 12.1. The van der Waals surface area contributed by atoms with Crippen molar-refractivity contribution in [1.82, 2.24) is 0 Å². The Morgan fingerprint density at radius 1 is 0.909 bits per heavy atom. The zero-order chi connectivity index (χ0) is 15.1. The van der Waals surface area contributed by atoms with E-state index < -0.39 is 5.97 Å². The summed E-state index contributed by atoms with van der Waals surface area (Å²) >= 11 is 0. The molecular formula is C20H16O2. The lowest BCUT2D eigenvalue weighted by molar-refractivity contribution is 0.0697. The Kier molecular flexibility index (Phi) is 2.97. The van der Waals surface area contributed by atoms with Gasteiger partial charge in [-0.2, -0.15) is 0 Å². The number of hydrogen-bond donors (Lipinski definition) is 1. The van der Waals surface area contributed by atoms with Crippen LogP contribution in [0.4, 0.5) is 0 Å². The molecule has 1 N–H and O–H groups in total. The summed E-state index contributed by atoms with van der Waals surface area (Å²) in [5, 5.41) is 11.8. The zero-order valence-electron chi connectivity index (χ0n) is 12.1. The minimum absolute atomic E-state index is 0.403. The molecule has 108 valence electrons. The maximum Gasteiger partial charge on any atom is 0.336 e. The summed E-state index contributed by atoms with van der Waals surface area (Å²) in [6, 6.07) is 20.0. The van der Waals surface area contributed by atoms with E-state index in [4.69, 9.17) is 0 Å². The number of aromatic carboxylic acids is 1. The van der Waals surface area contributed by atoms with Gasteiger partial charge in [0.2, 0.25) is 0 Å². The smallest absolute Gasteiger partial charge is 0.336 e. The van der Waals surface area contributed by atoms with E-state index in [0.29, 0.717) is 11.5 Å². The van der Waals surface area contributed by atoms with Crippen LogP contribution in [0.5, 0.6) is 0 Å². The second-order valence-electron chi connectivity index (χ2n) is 5.91. The third-order valence-corrected chi connectivity index (χ3v) is 4.40. The molecule has 1 saturated carbocycles. The third kappa shape index (κ3) is 2.17. The van der Waals surface area contributed by atoms with Crippen molar-refractivity contribution < 1.29 is 9.90 Å². The number of carbonyl (C=O) groups is 1. The molecule has 3 aromatic carbocycles. The average molecular weight is 288 g/mol. The van der Waals surface area contributed by atoms with Crippen molar-refractivity contribution in [2.45, 2.75) is 18.8 Å². The molecule has 3 aromatic rings. The predicted octanol–water partition coefficient (Wildman–Crippen LogP) is 5.08. The molecule has 0 amide bonds. The van der Waals surface area contributed by atoms with E-state index in [0.717, 1.165) is 27.5 Å².